The van der Waals surface area contributed by atoms with E-state index < -0.39 is 83.3 Å². The molecule has 16 nitrogen and oxygen atoms in total. The zero-order chi connectivity index (χ0) is 34.2. The molecule has 4 rings (SSSR count). The van der Waals surface area contributed by atoms with Crippen molar-refractivity contribution in [3.05, 3.63) is 84.6 Å². The topological polar surface area (TPSA) is 273 Å². The molecule has 0 aliphatic rings. The predicted molar refractivity (Wildman–Crippen MR) is 166 cm³/mol. The number of phenols is 1. The number of aromatic hydroxyl groups is 1. The highest BCUT2D eigenvalue weighted by Gasteiger charge is 2.28. The van der Waals surface area contributed by atoms with Crippen molar-refractivity contribution in [2.45, 2.75) is 19.6 Å². The van der Waals surface area contributed by atoms with Gasteiger partial charge in [0.15, 0.2) is 25.4 Å². The van der Waals surface area contributed by atoms with Gasteiger partial charge in [-0.05, 0) is 66.0 Å². The van der Waals surface area contributed by atoms with Crippen LogP contribution in [0, 0.1) is 0 Å². The first-order valence-electron chi connectivity index (χ1n) is 12.2. The van der Waals surface area contributed by atoms with Crippen LogP contribution in [0.2, 0.25) is 0 Å². The molecular formula is C26H21N5O11S4. The van der Waals surface area contributed by atoms with Crippen molar-refractivity contribution in [1.29, 1.82) is 0 Å². The molecule has 0 bridgehead atoms. The lowest BCUT2D eigenvalue weighted by molar-refractivity contribution is 0.472. The molecule has 0 heterocycles. The summed E-state index contributed by atoms with van der Waals surface area (Å²) in [7, 11) is -17.8. The summed E-state index contributed by atoms with van der Waals surface area (Å²) in [5.41, 5.74) is 3.98. The number of rotatable bonds is 10. The van der Waals surface area contributed by atoms with E-state index in [0.717, 1.165) is 22.9 Å². The molecule has 0 aliphatic carbocycles. The number of benzene rings is 4. The highest BCUT2D eigenvalue weighted by Crippen LogP contribution is 2.48. The standard InChI is InChI=1S/C26H21N5O11S4/c1-3-43(33,34)18-9-5-16(6-10-18)28-30-24-20(45(37,38)39)13-15-14-21(46(40,41)42)25(26(32)22(15)23(24)27)31-29-17-7-11-19(12-8-17)44(35,36)4-2/h3-14,32H,1-2,27H2,(H,37,38,39)(H,40,41,42). The van der Waals surface area contributed by atoms with Gasteiger partial charge in [0.1, 0.15) is 21.2 Å². The number of sulfone groups is 2. The highest BCUT2D eigenvalue weighted by molar-refractivity contribution is 7.94. The zero-order valence-corrected chi connectivity index (χ0v) is 26.2. The molecule has 0 fully saturated rings. The van der Waals surface area contributed by atoms with Crippen molar-refractivity contribution in [3.63, 3.8) is 0 Å². The quantitative estimate of drug-likeness (QED) is 0.0930. The number of hydrogen-bond acceptors (Lipinski definition) is 14. The van der Waals surface area contributed by atoms with E-state index in [1.165, 1.54) is 36.4 Å². The van der Waals surface area contributed by atoms with Crippen LogP contribution < -0.4 is 5.73 Å². The SMILES string of the molecule is C=CS(=O)(=O)c1ccc(N=Nc2c(S(=O)(=O)O)cc3cc(S(=O)(=O)O)c(N=Nc4ccc(S(=O)(=O)C=C)cc4)c(O)c3c2N)cc1. The monoisotopic (exact) mass is 707 g/mol. The van der Waals surface area contributed by atoms with Crippen molar-refractivity contribution < 1.29 is 47.9 Å². The second-order valence-corrected chi connectivity index (χ2v) is 15.6. The van der Waals surface area contributed by atoms with Gasteiger partial charge in [-0.25, -0.2) is 16.8 Å². The average molecular weight is 708 g/mol. The summed E-state index contributed by atoms with van der Waals surface area (Å²) >= 11 is 0. The van der Waals surface area contributed by atoms with Crippen LogP contribution in [0.4, 0.5) is 28.4 Å². The van der Waals surface area contributed by atoms with Gasteiger partial charge < -0.3 is 10.8 Å². The second-order valence-electron chi connectivity index (χ2n) is 9.07. The molecule has 0 aromatic heterocycles. The Bertz CT molecular complexity index is 2260. The minimum Gasteiger partial charge on any atom is -0.505 e. The van der Waals surface area contributed by atoms with Gasteiger partial charge in [0.05, 0.1) is 32.2 Å². The number of anilines is 1. The third-order valence-electron chi connectivity index (χ3n) is 6.17. The van der Waals surface area contributed by atoms with Gasteiger partial charge in [-0.3, -0.25) is 9.11 Å². The summed E-state index contributed by atoms with van der Waals surface area (Å²) in [6, 6.07) is 10.9. The maximum absolute atomic E-state index is 12.3. The van der Waals surface area contributed by atoms with Crippen molar-refractivity contribution >= 4 is 79.1 Å². The van der Waals surface area contributed by atoms with Crippen LogP contribution in [-0.4, -0.2) is 47.9 Å². The van der Waals surface area contributed by atoms with Crippen molar-refractivity contribution in [2.75, 3.05) is 5.73 Å². The maximum Gasteiger partial charge on any atom is 0.296 e. The van der Waals surface area contributed by atoms with Crippen molar-refractivity contribution in [2.24, 2.45) is 20.5 Å². The molecule has 5 N–H and O–H groups in total. The van der Waals surface area contributed by atoms with E-state index in [1.807, 2.05) is 0 Å². The van der Waals surface area contributed by atoms with Gasteiger partial charge in [0.2, 0.25) is 0 Å². The number of nitrogen functional groups attached to an aromatic ring is 1. The molecule has 0 amide bonds. The Morgan fingerprint density at radius 2 is 0.978 bits per heavy atom. The summed E-state index contributed by atoms with van der Waals surface area (Å²) < 4.78 is 117. The van der Waals surface area contributed by atoms with E-state index in [0.29, 0.717) is 12.1 Å². The summed E-state index contributed by atoms with van der Waals surface area (Å²) in [4.78, 5) is -2.24. The molecular weight excluding hydrogens is 687 g/mol. The lowest BCUT2D eigenvalue weighted by Crippen LogP contribution is -2.03. The van der Waals surface area contributed by atoms with Crippen LogP contribution >= 0.6 is 0 Å². The molecule has 0 unspecified atom stereocenters. The molecule has 0 radical (unpaired) electrons. The fraction of sp³-hybridized carbons (Fsp3) is 0. The van der Waals surface area contributed by atoms with Gasteiger partial charge in [-0.2, -0.15) is 27.1 Å². The lowest BCUT2D eigenvalue weighted by atomic mass is 10.1. The van der Waals surface area contributed by atoms with Crippen molar-refractivity contribution in [1.82, 2.24) is 0 Å². The zero-order valence-electron chi connectivity index (χ0n) is 22.9. The summed E-state index contributed by atoms with van der Waals surface area (Å²) in [6.07, 6.45) is 0. The summed E-state index contributed by atoms with van der Waals surface area (Å²) in [5.74, 6) is -1.01. The molecule has 4 aromatic carbocycles. The van der Waals surface area contributed by atoms with Gasteiger partial charge in [0.25, 0.3) is 20.2 Å². The Morgan fingerprint density at radius 1 is 0.609 bits per heavy atom. The van der Waals surface area contributed by atoms with Gasteiger partial charge in [0, 0.05) is 10.8 Å². The number of nitrogens with zero attached hydrogens (tertiary/aromatic N) is 4. The molecule has 20 heteroatoms. The third-order valence-corrected chi connectivity index (χ3v) is 10.6. The molecule has 0 atom stereocenters. The lowest BCUT2D eigenvalue weighted by Gasteiger charge is -2.14. The van der Waals surface area contributed by atoms with E-state index in [-0.39, 0.29) is 21.2 Å². The number of nitrogens with two attached hydrogens (primary N) is 1. The Hall–Kier alpha value is -4.86. The third kappa shape index (κ3) is 6.85. The molecule has 46 heavy (non-hydrogen) atoms. The van der Waals surface area contributed by atoms with E-state index >= 15 is 0 Å². The normalized spacial score (nSPS) is 13.0. The summed E-state index contributed by atoms with van der Waals surface area (Å²) in [5, 5.41) is 26.9. The smallest absolute Gasteiger partial charge is 0.296 e. The van der Waals surface area contributed by atoms with E-state index in [9.17, 15) is 47.9 Å². The van der Waals surface area contributed by atoms with Gasteiger partial charge in [-0.15, -0.1) is 10.2 Å². The fourth-order valence-electron chi connectivity index (χ4n) is 3.92. The van der Waals surface area contributed by atoms with Gasteiger partial charge >= 0.3 is 0 Å². The number of fused-ring (bicyclic) bond motifs is 1. The van der Waals surface area contributed by atoms with Crippen LogP contribution in [0.15, 0.2) is 125 Å². The predicted octanol–water partition coefficient (Wildman–Crippen LogP) is 5.29. The fourth-order valence-corrected chi connectivity index (χ4v) is 6.66. The summed E-state index contributed by atoms with van der Waals surface area (Å²) in [6.45, 7) is 6.44. The van der Waals surface area contributed by atoms with Crippen LogP contribution in [-0.2, 0) is 39.9 Å². The molecule has 0 aliphatic heterocycles. The molecule has 0 saturated carbocycles. The number of azo groups is 2. The van der Waals surface area contributed by atoms with E-state index in [4.69, 9.17) is 5.73 Å². The second kappa shape index (κ2) is 12.2. The minimum absolute atomic E-state index is 0.0103. The Balaban J connectivity index is 1.93. The van der Waals surface area contributed by atoms with Crippen LogP contribution in [0.1, 0.15) is 0 Å². The Kier molecular flexibility index (Phi) is 8.99. The average Bonchev–Trinajstić information content (AvgIpc) is 2.99. The minimum atomic E-state index is -5.16. The molecule has 4 aromatic rings. The van der Waals surface area contributed by atoms with E-state index in [2.05, 4.69) is 33.6 Å². The molecule has 0 saturated heterocycles. The first kappa shape index (κ1) is 34.0. The molecule has 240 valence electrons. The Morgan fingerprint density at radius 3 is 1.35 bits per heavy atom. The van der Waals surface area contributed by atoms with Crippen molar-refractivity contribution in [3.8, 4) is 5.75 Å². The maximum atomic E-state index is 12.3. The molecule has 0 spiro atoms. The van der Waals surface area contributed by atoms with Gasteiger partial charge in [-0.1, -0.05) is 13.2 Å². The first-order chi connectivity index (χ1) is 21.3. The van der Waals surface area contributed by atoms with Crippen LogP contribution in [0.3, 0.4) is 0 Å². The van der Waals surface area contributed by atoms with Crippen LogP contribution in [0.25, 0.3) is 10.8 Å². The number of hydrogen-bond donors (Lipinski definition) is 4. The highest BCUT2D eigenvalue weighted by atomic mass is 32.2. The first-order valence-corrected chi connectivity index (χ1v) is 18.1. The largest absolute Gasteiger partial charge is 0.505 e. The van der Waals surface area contributed by atoms with Crippen LogP contribution in [0.5, 0.6) is 5.75 Å². The van der Waals surface area contributed by atoms with E-state index in [1.54, 1.807) is 0 Å². The number of phenolic OH excluding ortho intramolecular Hbond substituents is 1. The Labute approximate surface area is 262 Å².